The van der Waals surface area contributed by atoms with Crippen LogP contribution < -0.4 is 14.2 Å². The lowest BCUT2D eigenvalue weighted by Gasteiger charge is -2.26. The number of sulfonamides is 1. The van der Waals surface area contributed by atoms with Gasteiger partial charge in [0.1, 0.15) is 6.61 Å². The molecule has 1 heterocycles. The molecule has 1 aliphatic rings. The smallest absolute Gasteiger partial charge is 0.211 e. The summed E-state index contributed by atoms with van der Waals surface area (Å²) >= 11 is 0. The fourth-order valence-electron chi connectivity index (χ4n) is 1.97. The van der Waals surface area contributed by atoms with E-state index >= 15 is 0 Å². The Hall–Kier alpha value is -1.27. The first-order valence-corrected chi connectivity index (χ1v) is 7.49. The van der Waals surface area contributed by atoms with Crippen LogP contribution in [0.1, 0.15) is 12.5 Å². The van der Waals surface area contributed by atoms with Gasteiger partial charge >= 0.3 is 0 Å². The van der Waals surface area contributed by atoms with E-state index in [1.807, 2.05) is 18.2 Å². The molecule has 5 nitrogen and oxygen atoms in total. The SMILES string of the molecule is CCS(=O)(=O)N[C@H]1COc2c(cccc2OC)C1. The maximum atomic E-state index is 11.5. The summed E-state index contributed by atoms with van der Waals surface area (Å²) in [4.78, 5) is 0. The largest absolute Gasteiger partial charge is 0.493 e. The average Bonchev–Trinajstić information content (AvgIpc) is 2.37. The summed E-state index contributed by atoms with van der Waals surface area (Å²) in [6.07, 6.45) is 0.617. The van der Waals surface area contributed by atoms with Crippen molar-refractivity contribution < 1.29 is 17.9 Å². The van der Waals surface area contributed by atoms with Gasteiger partial charge in [0.2, 0.25) is 10.0 Å². The summed E-state index contributed by atoms with van der Waals surface area (Å²) in [7, 11) is -1.61. The number of benzene rings is 1. The van der Waals surface area contributed by atoms with E-state index in [4.69, 9.17) is 9.47 Å². The zero-order valence-electron chi connectivity index (χ0n) is 10.5. The zero-order valence-corrected chi connectivity index (χ0v) is 11.3. The van der Waals surface area contributed by atoms with Crippen LogP contribution in [-0.4, -0.2) is 33.9 Å². The van der Waals surface area contributed by atoms with E-state index in [-0.39, 0.29) is 11.8 Å². The molecule has 0 saturated heterocycles. The van der Waals surface area contributed by atoms with E-state index in [9.17, 15) is 8.42 Å². The molecule has 1 atom stereocenters. The fraction of sp³-hybridized carbons (Fsp3) is 0.500. The maximum Gasteiger partial charge on any atom is 0.211 e. The number of hydrogen-bond acceptors (Lipinski definition) is 4. The van der Waals surface area contributed by atoms with E-state index in [2.05, 4.69) is 4.72 Å². The van der Waals surface area contributed by atoms with Crippen molar-refractivity contribution in [2.75, 3.05) is 19.5 Å². The van der Waals surface area contributed by atoms with Crippen LogP contribution >= 0.6 is 0 Å². The van der Waals surface area contributed by atoms with Crippen molar-refractivity contribution in [1.82, 2.24) is 4.72 Å². The Morgan fingerprint density at radius 1 is 1.50 bits per heavy atom. The van der Waals surface area contributed by atoms with Gasteiger partial charge in [0.05, 0.1) is 18.9 Å². The Bertz CT molecular complexity index is 527. The van der Waals surface area contributed by atoms with Gasteiger partial charge in [-0.1, -0.05) is 12.1 Å². The highest BCUT2D eigenvalue weighted by atomic mass is 32.2. The molecular weight excluding hydrogens is 254 g/mol. The van der Waals surface area contributed by atoms with Crippen LogP contribution in [0.3, 0.4) is 0 Å². The summed E-state index contributed by atoms with van der Waals surface area (Å²) in [5.74, 6) is 1.48. The topological polar surface area (TPSA) is 64.6 Å². The molecule has 0 aliphatic carbocycles. The number of para-hydroxylation sites is 1. The third kappa shape index (κ3) is 2.76. The second kappa shape index (κ2) is 5.16. The van der Waals surface area contributed by atoms with E-state index < -0.39 is 10.0 Å². The molecule has 0 bridgehead atoms. The van der Waals surface area contributed by atoms with Crippen molar-refractivity contribution in [3.63, 3.8) is 0 Å². The molecule has 18 heavy (non-hydrogen) atoms. The molecule has 100 valence electrons. The Labute approximate surface area is 107 Å². The highest BCUT2D eigenvalue weighted by Crippen LogP contribution is 2.34. The van der Waals surface area contributed by atoms with Crippen LogP contribution in [0.25, 0.3) is 0 Å². The number of ether oxygens (including phenoxy) is 2. The van der Waals surface area contributed by atoms with Crippen LogP contribution in [0.2, 0.25) is 0 Å². The lowest BCUT2D eigenvalue weighted by Crippen LogP contribution is -2.43. The van der Waals surface area contributed by atoms with Crippen LogP contribution in [0.5, 0.6) is 11.5 Å². The predicted molar refractivity (Wildman–Crippen MR) is 68.6 cm³/mol. The normalized spacial score (nSPS) is 18.9. The van der Waals surface area contributed by atoms with Crippen molar-refractivity contribution in [1.29, 1.82) is 0 Å². The molecule has 1 aromatic rings. The molecule has 0 amide bonds. The van der Waals surface area contributed by atoms with E-state index in [0.717, 1.165) is 5.56 Å². The van der Waals surface area contributed by atoms with Crippen molar-refractivity contribution in [3.05, 3.63) is 23.8 Å². The fourth-order valence-corrected chi connectivity index (χ4v) is 2.79. The van der Waals surface area contributed by atoms with Gasteiger partial charge in [-0.2, -0.15) is 0 Å². The van der Waals surface area contributed by atoms with Gasteiger partial charge in [-0.3, -0.25) is 0 Å². The molecule has 1 aromatic carbocycles. The molecule has 0 fully saturated rings. The first kappa shape index (κ1) is 13.2. The Morgan fingerprint density at radius 2 is 2.28 bits per heavy atom. The highest BCUT2D eigenvalue weighted by molar-refractivity contribution is 7.89. The number of fused-ring (bicyclic) bond motifs is 1. The summed E-state index contributed by atoms with van der Waals surface area (Å²) in [5.41, 5.74) is 0.962. The zero-order chi connectivity index (χ0) is 13.2. The van der Waals surface area contributed by atoms with Gasteiger partial charge in [0, 0.05) is 0 Å². The number of hydrogen-bond donors (Lipinski definition) is 1. The third-order valence-electron chi connectivity index (χ3n) is 2.90. The van der Waals surface area contributed by atoms with Crippen molar-refractivity contribution in [2.45, 2.75) is 19.4 Å². The summed E-state index contributed by atoms with van der Waals surface area (Å²) in [6.45, 7) is 1.94. The van der Waals surface area contributed by atoms with Gasteiger partial charge < -0.3 is 9.47 Å². The first-order valence-electron chi connectivity index (χ1n) is 5.84. The van der Waals surface area contributed by atoms with Gasteiger partial charge in [-0.15, -0.1) is 0 Å². The average molecular weight is 271 g/mol. The molecular formula is C12H17NO4S. The summed E-state index contributed by atoms with van der Waals surface area (Å²) in [6, 6.07) is 5.41. The summed E-state index contributed by atoms with van der Waals surface area (Å²) < 4.78 is 36.5. The molecule has 1 N–H and O–H groups in total. The molecule has 0 saturated carbocycles. The van der Waals surface area contributed by atoms with Crippen molar-refractivity contribution in [3.8, 4) is 11.5 Å². The lowest BCUT2D eigenvalue weighted by atomic mass is 10.0. The second-order valence-corrected chi connectivity index (χ2v) is 6.22. The van der Waals surface area contributed by atoms with Crippen LogP contribution in [-0.2, 0) is 16.4 Å². The maximum absolute atomic E-state index is 11.5. The summed E-state index contributed by atoms with van der Waals surface area (Å²) in [5, 5.41) is 0. The Balaban J connectivity index is 2.16. The molecule has 0 spiro atoms. The van der Waals surface area contributed by atoms with E-state index in [0.29, 0.717) is 24.5 Å². The minimum absolute atomic E-state index is 0.0778. The van der Waals surface area contributed by atoms with Crippen LogP contribution in [0.15, 0.2) is 18.2 Å². The van der Waals surface area contributed by atoms with Gasteiger partial charge in [-0.05, 0) is 25.0 Å². The van der Waals surface area contributed by atoms with Crippen molar-refractivity contribution in [2.24, 2.45) is 0 Å². The molecule has 0 radical (unpaired) electrons. The highest BCUT2D eigenvalue weighted by Gasteiger charge is 2.25. The van der Waals surface area contributed by atoms with Gasteiger partial charge in [0.25, 0.3) is 0 Å². The Morgan fingerprint density at radius 3 is 2.94 bits per heavy atom. The molecule has 0 aromatic heterocycles. The minimum atomic E-state index is -3.20. The molecule has 2 rings (SSSR count). The standard InChI is InChI=1S/C12H17NO4S/c1-3-18(14,15)13-10-7-9-5-4-6-11(16-2)12(9)17-8-10/h4-6,10,13H,3,7-8H2,1-2H3/t10-/m1/s1. The van der Waals surface area contributed by atoms with Gasteiger partial charge in [0.15, 0.2) is 11.5 Å². The van der Waals surface area contributed by atoms with E-state index in [1.165, 1.54) is 0 Å². The first-order chi connectivity index (χ1) is 8.55. The molecule has 6 heteroatoms. The number of rotatable bonds is 4. The van der Waals surface area contributed by atoms with Gasteiger partial charge in [-0.25, -0.2) is 13.1 Å². The van der Waals surface area contributed by atoms with E-state index in [1.54, 1.807) is 14.0 Å². The quantitative estimate of drug-likeness (QED) is 0.885. The second-order valence-electron chi connectivity index (χ2n) is 4.18. The minimum Gasteiger partial charge on any atom is -0.493 e. The predicted octanol–water partition coefficient (Wildman–Crippen LogP) is 0.938. The number of methoxy groups -OCH3 is 1. The monoisotopic (exact) mass is 271 g/mol. The lowest BCUT2D eigenvalue weighted by molar-refractivity contribution is 0.240. The van der Waals surface area contributed by atoms with Crippen LogP contribution in [0, 0.1) is 0 Å². The number of nitrogens with one attached hydrogen (secondary N) is 1. The molecule has 0 unspecified atom stereocenters. The van der Waals surface area contributed by atoms with Crippen LogP contribution in [0.4, 0.5) is 0 Å². The Kier molecular flexibility index (Phi) is 3.77. The van der Waals surface area contributed by atoms with Crippen molar-refractivity contribution >= 4 is 10.0 Å². The molecule has 1 aliphatic heterocycles. The third-order valence-corrected chi connectivity index (χ3v) is 4.35.